The monoisotopic (exact) mass is 374 g/mol. The number of allylic oxidation sites excluding steroid dienone is 2. The molecule has 0 aliphatic heterocycles. The molecule has 0 saturated heterocycles. The van der Waals surface area contributed by atoms with Gasteiger partial charge in [-0.1, -0.05) is 68.5 Å². The molecule has 3 rings (SSSR count). The van der Waals surface area contributed by atoms with Gasteiger partial charge in [-0.25, -0.2) is 0 Å². The Hall–Kier alpha value is -2.56. The van der Waals surface area contributed by atoms with Crippen molar-refractivity contribution < 1.29 is 22.7 Å². The molecule has 2 nitrogen and oxygen atoms in total. The molecule has 1 aliphatic rings. The summed E-state index contributed by atoms with van der Waals surface area (Å²) < 4.78 is 42.5. The normalized spacial score (nSPS) is 21.2. The Labute approximate surface area is 156 Å². The Morgan fingerprint density at radius 1 is 1.07 bits per heavy atom. The van der Waals surface area contributed by atoms with E-state index >= 15 is 0 Å². The van der Waals surface area contributed by atoms with Gasteiger partial charge in [0.05, 0.1) is 5.92 Å². The molecule has 2 aromatic rings. The van der Waals surface area contributed by atoms with Crippen molar-refractivity contribution >= 4 is 5.97 Å². The van der Waals surface area contributed by atoms with Crippen molar-refractivity contribution in [3.63, 3.8) is 0 Å². The van der Waals surface area contributed by atoms with Crippen molar-refractivity contribution in [3.8, 4) is 11.1 Å². The summed E-state index contributed by atoms with van der Waals surface area (Å²) in [7, 11) is 0. The van der Waals surface area contributed by atoms with E-state index < -0.39 is 29.4 Å². The Kier molecular flexibility index (Phi) is 5.13. The van der Waals surface area contributed by atoms with Crippen LogP contribution in [0.5, 0.6) is 0 Å². The minimum Gasteiger partial charge on any atom is -0.461 e. The van der Waals surface area contributed by atoms with Crippen molar-refractivity contribution in [3.05, 3.63) is 72.3 Å². The van der Waals surface area contributed by atoms with Crippen LogP contribution in [-0.2, 0) is 16.1 Å². The number of halogens is 3. The predicted molar refractivity (Wildman–Crippen MR) is 97.6 cm³/mol. The highest BCUT2D eigenvalue weighted by Crippen LogP contribution is 2.59. The number of esters is 1. The van der Waals surface area contributed by atoms with Gasteiger partial charge in [0.2, 0.25) is 0 Å². The van der Waals surface area contributed by atoms with Crippen molar-refractivity contribution in [2.45, 2.75) is 26.6 Å². The van der Waals surface area contributed by atoms with Crippen LogP contribution in [0, 0.1) is 17.3 Å². The molecule has 0 amide bonds. The molecular formula is C22H21F3O2. The zero-order valence-corrected chi connectivity index (χ0v) is 15.2. The third kappa shape index (κ3) is 4.59. The fourth-order valence-electron chi connectivity index (χ4n) is 3.42. The van der Waals surface area contributed by atoms with E-state index in [0.29, 0.717) is 0 Å². The summed E-state index contributed by atoms with van der Waals surface area (Å²) in [5.41, 5.74) is 2.39. The second-order valence-corrected chi connectivity index (χ2v) is 7.40. The van der Waals surface area contributed by atoms with Gasteiger partial charge in [-0.3, -0.25) is 4.79 Å². The van der Waals surface area contributed by atoms with Crippen LogP contribution in [0.2, 0.25) is 0 Å². The quantitative estimate of drug-likeness (QED) is 0.489. The van der Waals surface area contributed by atoms with E-state index in [1.807, 2.05) is 54.6 Å². The van der Waals surface area contributed by atoms with Crippen LogP contribution in [0.3, 0.4) is 0 Å². The molecular weight excluding hydrogens is 353 g/mol. The minimum absolute atomic E-state index is 0.0990. The molecule has 0 radical (unpaired) electrons. The van der Waals surface area contributed by atoms with Crippen LogP contribution < -0.4 is 0 Å². The smallest absolute Gasteiger partial charge is 0.409 e. The summed E-state index contributed by atoms with van der Waals surface area (Å²) in [5, 5.41) is 0. The lowest BCUT2D eigenvalue weighted by Crippen LogP contribution is -2.10. The van der Waals surface area contributed by atoms with E-state index in [1.54, 1.807) is 13.8 Å². The third-order valence-corrected chi connectivity index (χ3v) is 5.07. The fourth-order valence-corrected chi connectivity index (χ4v) is 3.42. The topological polar surface area (TPSA) is 26.3 Å². The highest BCUT2D eigenvalue weighted by molar-refractivity contribution is 5.78. The largest absolute Gasteiger partial charge is 0.461 e. The summed E-state index contributed by atoms with van der Waals surface area (Å²) in [6.07, 6.45) is -3.09. The molecule has 0 N–H and O–H groups in total. The second kappa shape index (κ2) is 7.22. The number of carbonyl (C=O) groups is 1. The van der Waals surface area contributed by atoms with Gasteiger partial charge in [-0.2, -0.15) is 13.2 Å². The first-order valence-electron chi connectivity index (χ1n) is 8.75. The Bertz CT molecular complexity index is 838. The SMILES string of the molecule is CC1(C)C(/C=C/C(F)(F)F)C1C(=O)OCc1cccc(-c2ccccc2)c1. The van der Waals surface area contributed by atoms with Gasteiger partial charge >= 0.3 is 12.1 Å². The lowest BCUT2D eigenvalue weighted by molar-refractivity contribution is -0.147. The first-order valence-corrected chi connectivity index (χ1v) is 8.75. The molecule has 27 heavy (non-hydrogen) atoms. The number of ether oxygens (including phenoxy) is 1. The Morgan fingerprint density at radius 3 is 2.41 bits per heavy atom. The van der Waals surface area contributed by atoms with Crippen LogP contribution in [-0.4, -0.2) is 12.1 Å². The molecule has 5 heteroatoms. The average molecular weight is 374 g/mol. The molecule has 1 saturated carbocycles. The summed E-state index contributed by atoms with van der Waals surface area (Å²) >= 11 is 0. The number of rotatable bonds is 5. The molecule has 0 aromatic heterocycles. The van der Waals surface area contributed by atoms with Crippen molar-refractivity contribution in [1.82, 2.24) is 0 Å². The van der Waals surface area contributed by atoms with Gasteiger partial charge in [0.15, 0.2) is 0 Å². The van der Waals surface area contributed by atoms with Gasteiger partial charge in [0.25, 0.3) is 0 Å². The van der Waals surface area contributed by atoms with E-state index in [0.717, 1.165) is 22.8 Å². The molecule has 0 heterocycles. The highest BCUT2D eigenvalue weighted by Gasteiger charge is 2.61. The Balaban J connectivity index is 1.62. The molecule has 142 valence electrons. The molecule has 2 unspecified atom stereocenters. The molecule has 2 atom stereocenters. The summed E-state index contributed by atoms with van der Waals surface area (Å²) in [6, 6.07) is 17.5. The number of carbonyl (C=O) groups excluding carboxylic acids is 1. The van der Waals surface area contributed by atoms with E-state index in [-0.39, 0.29) is 12.7 Å². The van der Waals surface area contributed by atoms with Crippen molar-refractivity contribution in [2.75, 3.05) is 0 Å². The van der Waals surface area contributed by atoms with Crippen molar-refractivity contribution in [2.24, 2.45) is 17.3 Å². The first kappa shape index (κ1) is 19.2. The maximum Gasteiger partial charge on any atom is 0.409 e. The molecule has 1 fully saturated rings. The standard InChI is InChI=1S/C22H21F3O2/c1-21(2)18(11-12-22(23,24)25)19(21)20(26)27-14-15-7-6-10-17(13-15)16-8-4-3-5-9-16/h3-13,18-19H,14H2,1-2H3/b12-11+. The number of alkyl halides is 3. The summed E-state index contributed by atoms with van der Waals surface area (Å²) in [6.45, 7) is 3.66. The van der Waals surface area contributed by atoms with Crippen LogP contribution >= 0.6 is 0 Å². The van der Waals surface area contributed by atoms with Crippen LogP contribution in [0.4, 0.5) is 13.2 Å². The first-order chi connectivity index (χ1) is 12.7. The van der Waals surface area contributed by atoms with E-state index in [2.05, 4.69) is 0 Å². The second-order valence-electron chi connectivity index (χ2n) is 7.40. The summed E-state index contributed by atoms with van der Waals surface area (Å²) in [5.74, 6) is -1.46. The lowest BCUT2D eigenvalue weighted by atomic mass is 10.0. The van der Waals surface area contributed by atoms with E-state index in [9.17, 15) is 18.0 Å². The van der Waals surface area contributed by atoms with Gasteiger partial charge in [-0.15, -0.1) is 0 Å². The number of benzene rings is 2. The van der Waals surface area contributed by atoms with Crippen LogP contribution in [0.15, 0.2) is 66.7 Å². The van der Waals surface area contributed by atoms with Crippen molar-refractivity contribution in [1.29, 1.82) is 0 Å². The zero-order chi connectivity index (χ0) is 19.7. The minimum atomic E-state index is -4.37. The fraction of sp³-hybridized carbons (Fsp3) is 0.318. The van der Waals surface area contributed by atoms with Gasteiger partial charge in [0.1, 0.15) is 6.61 Å². The predicted octanol–water partition coefficient (Wildman–Crippen LogP) is 5.79. The third-order valence-electron chi connectivity index (χ3n) is 5.07. The highest BCUT2D eigenvalue weighted by atomic mass is 19.4. The maximum atomic E-state index is 12.4. The lowest BCUT2D eigenvalue weighted by Gasteiger charge is -2.08. The number of hydrogen-bond donors (Lipinski definition) is 0. The van der Waals surface area contributed by atoms with E-state index in [4.69, 9.17) is 4.74 Å². The number of hydrogen-bond acceptors (Lipinski definition) is 2. The Morgan fingerprint density at radius 2 is 1.74 bits per heavy atom. The van der Waals surface area contributed by atoms with Gasteiger partial charge in [-0.05, 0) is 34.1 Å². The molecule has 0 bridgehead atoms. The summed E-state index contributed by atoms with van der Waals surface area (Å²) in [4.78, 5) is 12.3. The van der Waals surface area contributed by atoms with Gasteiger partial charge < -0.3 is 4.74 Å². The molecule has 0 spiro atoms. The average Bonchev–Trinajstić information content (AvgIpc) is 3.19. The van der Waals surface area contributed by atoms with E-state index in [1.165, 1.54) is 0 Å². The zero-order valence-electron chi connectivity index (χ0n) is 15.2. The van der Waals surface area contributed by atoms with Gasteiger partial charge in [0, 0.05) is 6.08 Å². The maximum absolute atomic E-state index is 12.4. The van der Waals surface area contributed by atoms with Crippen LogP contribution in [0.1, 0.15) is 19.4 Å². The molecule has 1 aliphatic carbocycles. The molecule has 2 aromatic carbocycles. The van der Waals surface area contributed by atoms with Crippen LogP contribution in [0.25, 0.3) is 11.1 Å².